The van der Waals surface area contributed by atoms with E-state index in [2.05, 4.69) is 0 Å². The monoisotopic (exact) mass is 264 g/mol. The summed E-state index contributed by atoms with van der Waals surface area (Å²) >= 11 is 0. The van der Waals surface area contributed by atoms with Crippen LogP contribution in [0.3, 0.4) is 0 Å². The van der Waals surface area contributed by atoms with Crippen LogP contribution in [0.5, 0.6) is 0 Å². The van der Waals surface area contributed by atoms with E-state index in [1.165, 1.54) is 12.8 Å². The average molecular weight is 264 g/mol. The first-order valence-electron chi connectivity index (χ1n) is 7.01. The Bertz CT molecular complexity index is 261. The molecule has 1 heterocycles. The van der Waals surface area contributed by atoms with Gasteiger partial charge in [-0.2, -0.15) is 13.2 Å². The molecule has 0 radical (unpaired) electrons. The number of hydrogen-bond acceptors (Lipinski definition) is 2. The molecule has 1 aliphatic carbocycles. The van der Waals surface area contributed by atoms with Gasteiger partial charge in [0.2, 0.25) is 0 Å². The van der Waals surface area contributed by atoms with Gasteiger partial charge in [0.25, 0.3) is 0 Å². The molecule has 0 amide bonds. The lowest BCUT2D eigenvalue weighted by molar-refractivity contribution is -0.186. The largest absolute Gasteiger partial charge is 0.393 e. The minimum absolute atomic E-state index is 0.0551. The molecule has 0 spiro atoms. The van der Waals surface area contributed by atoms with Gasteiger partial charge in [-0.3, -0.25) is 0 Å². The number of hydrogen-bond donors (Lipinski definition) is 1. The molecule has 106 valence electrons. The number of rotatable bonds is 3. The molecule has 2 atom stereocenters. The van der Waals surface area contributed by atoms with Gasteiger partial charge in [0, 0.05) is 19.1 Å². The maximum Gasteiger partial charge on any atom is 0.393 e. The highest BCUT2D eigenvalue weighted by Crippen LogP contribution is 2.34. The average Bonchev–Trinajstić information content (AvgIpc) is 2.81. The van der Waals surface area contributed by atoms with E-state index in [9.17, 15) is 13.2 Å². The fraction of sp³-hybridized carbons (Fsp3) is 1.00. The molecule has 0 aromatic rings. The fourth-order valence-electron chi connectivity index (χ4n) is 3.32. The molecule has 2 unspecified atom stereocenters. The van der Waals surface area contributed by atoms with Gasteiger partial charge in [0.1, 0.15) is 0 Å². The van der Waals surface area contributed by atoms with Crippen molar-refractivity contribution in [2.24, 2.45) is 17.6 Å². The summed E-state index contributed by atoms with van der Waals surface area (Å²) in [6.45, 7) is 1.55. The Kier molecular flexibility index (Phi) is 4.54. The van der Waals surface area contributed by atoms with Crippen LogP contribution in [-0.4, -0.2) is 36.8 Å². The lowest BCUT2D eigenvalue weighted by atomic mass is 9.94. The SMILES string of the molecule is NC(CN1CCCC(C(F)(F)F)C1)C1CCCC1. The van der Waals surface area contributed by atoms with Crippen LogP contribution in [0.15, 0.2) is 0 Å². The quantitative estimate of drug-likeness (QED) is 0.849. The van der Waals surface area contributed by atoms with Crippen molar-refractivity contribution in [3.8, 4) is 0 Å². The highest BCUT2D eigenvalue weighted by molar-refractivity contribution is 4.84. The van der Waals surface area contributed by atoms with Gasteiger partial charge in [-0.15, -0.1) is 0 Å². The normalized spacial score (nSPS) is 29.7. The molecule has 1 aliphatic heterocycles. The van der Waals surface area contributed by atoms with Crippen molar-refractivity contribution in [1.29, 1.82) is 0 Å². The Morgan fingerprint density at radius 1 is 1.11 bits per heavy atom. The van der Waals surface area contributed by atoms with Crippen molar-refractivity contribution < 1.29 is 13.2 Å². The highest BCUT2D eigenvalue weighted by Gasteiger charge is 2.42. The molecule has 0 aromatic carbocycles. The number of halogens is 3. The molecule has 2 aliphatic rings. The van der Waals surface area contributed by atoms with E-state index in [0.717, 1.165) is 19.4 Å². The van der Waals surface area contributed by atoms with Crippen LogP contribution in [0.4, 0.5) is 13.2 Å². The summed E-state index contributed by atoms with van der Waals surface area (Å²) in [6, 6.07) is 0.0551. The smallest absolute Gasteiger partial charge is 0.326 e. The van der Waals surface area contributed by atoms with Crippen LogP contribution in [0, 0.1) is 11.8 Å². The minimum atomic E-state index is -4.05. The van der Waals surface area contributed by atoms with Gasteiger partial charge in [-0.25, -0.2) is 0 Å². The first kappa shape index (κ1) is 14.1. The van der Waals surface area contributed by atoms with E-state index in [4.69, 9.17) is 5.73 Å². The molecular weight excluding hydrogens is 241 g/mol. The summed E-state index contributed by atoms with van der Waals surface area (Å²) in [5.41, 5.74) is 6.14. The van der Waals surface area contributed by atoms with Gasteiger partial charge < -0.3 is 10.6 Å². The zero-order chi connectivity index (χ0) is 13.2. The first-order chi connectivity index (χ1) is 8.47. The number of nitrogens with two attached hydrogens (primary N) is 1. The first-order valence-corrected chi connectivity index (χ1v) is 7.01. The molecular formula is C13H23F3N2. The number of piperidine rings is 1. The van der Waals surface area contributed by atoms with Crippen LogP contribution < -0.4 is 5.73 Å². The number of alkyl halides is 3. The zero-order valence-electron chi connectivity index (χ0n) is 10.8. The zero-order valence-corrected chi connectivity index (χ0v) is 10.8. The molecule has 1 saturated carbocycles. The van der Waals surface area contributed by atoms with Gasteiger partial charge in [0.15, 0.2) is 0 Å². The topological polar surface area (TPSA) is 29.3 Å². The Morgan fingerprint density at radius 3 is 2.39 bits per heavy atom. The van der Waals surface area contributed by atoms with Crippen molar-refractivity contribution in [3.63, 3.8) is 0 Å². The minimum Gasteiger partial charge on any atom is -0.326 e. The van der Waals surface area contributed by atoms with E-state index in [0.29, 0.717) is 18.9 Å². The maximum absolute atomic E-state index is 12.7. The highest BCUT2D eigenvalue weighted by atomic mass is 19.4. The molecule has 0 aromatic heterocycles. The molecule has 2 N–H and O–H groups in total. The standard InChI is InChI=1S/C13H23F3N2/c14-13(15,16)11-6-3-7-18(8-11)9-12(17)10-4-1-2-5-10/h10-12H,1-9,17H2. The van der Waals surface area contributed by atoms with E-state index < -0.39 is 12.1 Å². The molecule has 2 rings (SSSR count). The van der Waals surface area contributed by atoms with E-state index in [1.54, 1.807) is 0 Å². The maximum atomic E-state index is 12.7. The van der Waals surface area contributed by atoms with Crippen molar-refractivity contribution in [3.05, 3.63) is 0 Å². The lowest BCUT2D eigenvalue weighted by Crippen LogP contribution is -2.48. The van der Waals surface area contributed by atoms with Gasteiger partial charge in [-0.1, -0.05) is 12.8 Å². The molecule has 0 bridgehead atoms. The second-order valence-electron chi connectivity index (χ2n) is 5.85. The summed E-state index contributed by atoms with van der Waals surface area (Å²) in [4.78, 5) is 1.92. The van der Waals surface area contributed by atoms with Crippen molar-refractivity contribution in [1.82, 2.24) is 4.90 Å². The molecule has 1 saturated heterocycles. The Morgan fingerprint density at radius 2 is 1.78 bits per heavy atom. The van der Waals surface area contributed by atoms with Crippen LogP contribution in [-0.2, 0) is 0 Å². The molecule has 5 heteroatoms. The Labute approximate surface area is 107 Å². The summed E-state index contributed by atoms with van der Waals surface area (Å²) in [5, 5.41) is 0. The van der Waals surface area contributed by atoms with Crippen molar-refractivity contribution in [2.45, 2.75) is 50.7 Å². The second-order valence-corrected chi connectivity index (χ2v) is 5.85. The third kappa shape index (κ3) is 3.60. The number of likely N-dealkylation sites (tertiary alicyclic amines) is 1. The van der Waals surface area contributed by atoms with E-state index in [1.807, 2.05) is 4.90 Å². The predicted octanol–water partition coefficient (Wildman–Crippen LogP) is 2.78. The summed E-state index contributed by atoms with van der Waals surface area (Å²) < 4.78 is 38.1. The van der Waals surface area contributed by atoms with Crippen LogP contribution in [0.2, 0.25) is 0 Å². The van der Waals surface area contributed by atoms with E-state index >= 15 is 0 Å². The second kappa shape index (κ2) is 5.78. The van der Waals surface area contributed by atoms with Gasteiger partial charge in [-0.05, 0) is 38.1 Å². The lowest BCUT2D eigenvalue weighted by Gasteiger charge is -2.36. The molecule has 2 fully saturated rings. The Hall–Kier alpha value is -0.290. The van der Waals surface area contributed by atoms with Crippen LogP contribution in [0.1, 0.15) is 38.5 Å². The fourth-order valence-corrected chi connectivity index (χ4v) is 3.32. The summed E-state index contributed by atoms with van der Waals surface area (Å²) in [6.07, 6.45) is 1.62. The van der Waals surface area contributed by atoms with Crippen molar-refractivity contribution >= 4 is 0 Å². The third-order valence-electron chi connectivity index (χ3n) is 4.44. The number of nitrogens with zero attached hydrogens (tertiary/aromatic N) is 1. The van der Waals surface area contributed by atoms with Gasteiger partial charge >= 0.3 is 6.18 Å². The van der Waals surface area contributed by atoms with Crippen LogP contribution >= 0.6 is 0 Å². The molecule has 2 nitrogen and oxygen atoms in total. The van der Waals surface area contributed by atoms with Gasteiger partial charge in [0.05, 0.1) is 5.92 Å². The van der Waals surface area contributed by atoms with Crippen LogP contribution in [0.25, 0.3) is 0 Å². The third-order valence-corrected chi connectivity index (χ3v) is 4.44. The Balaban J connectivity index is 1.81. The summed E-state index contributed by atoms with van der Waals surface area (Å²) in [7, 11) is 0. The molecule has 18 heavy (non-hydrogen) atoms. The summed E-state index contributed by atoms with van der Waals surface area (Å²) in [5.74, 6) is -0.627. The van der Waals surface area contributed by atoms with E-state index in [-0.39, 0.29) is 19.0 Å². The van der Waals surface area contributed by atoms with Crippen molar-refractivity contribution in [2.75, 3.05) is 19.6 Å². The predicted molar refractivity (Wildman–Crippen MR) is 65.2 cm³/mol.